The highest BCUT2D eigenvalue weighted by Crippen LogP contribution is 2.34. The molecule has 2 aromatic carbocycles. The van der Waals surface area contributed by atoms with Crippen molar-refractivity contribution in [2.45, 2.75) is 18.9 Å². The van der Waals surface area contributed by atoms with E-state index in [1.54, 1.807) is 30.2 Å². The maximum Gasteiger partial charge on any atom is 0.322 e. The van der Waals surface area contributed by atoms with Crippen LogP contribution in [-0.2, 0) is 0 Å². The number of nitrogens with zero attached hydrogens (tertiary/aromatic N) is 3. The lowest BCUT2D eigenvalue weighted by Crippen LogP contribution is -2.34. The van der Waals surface area contributed by atoms with Gasteiger partial charge in [-0.3, -0.25) is 0 Å². The molecule has 0 radical (unpaired) electrons. The highest BCUT2D eigenvalue weighted by molar-refractivity contribution is 6.31. The fourth-order valence-electron chi connectivity index (χ4n) is 3.46. The summed E-state index contributed by atoms with van der Waals surface area (Å²) in [6.07, 6.45) is 1.58. The number of carbonyl (C=O) groups is 1. The van der Waals surface area contributed by atoms with Crippen LogP contribution in [0, 0.1) is 0 Å². The lowest BCUT2D eigenvalue weighted by molar-refractivity contribution is 0.193. The molecule has 3 aromatic rings. The zero-order valence-corrected chi connectivity index (χ0v) is 17.3. The minimum Gasteiger partial charge on any atom is -0.497 e. The first-order valence-corrected chi connectivity index (χ1v) is 9.86. The molecule has 0 aliphatic carbocycles. The van der Waals surface area contributed by atoms with E-state index in [9.17, 15) is 4.79 Å². The molecule has 2 amide bonds. The molecule has 30 heavy (non-hydrogen) atoms. The quantitative estimate of drug-likeness (QED) is 0.629. The Balaban J connectivity index is 1.52. The number of methoxy groups -OCH3 is 2. The van der Waals surface area contributed by atoms with Gasteiger partial charge in [-0.15, -0.1) is 0 Å². The van der Waals surface area contributed by atoms with Crippen LogP contribution in [0.15, 0.2) is 47.0 Å². The number of hydrogen-bond donors (Lipinski definition) is 1. The van der Waals surface area contributed by atoms with Gasteiger partial charge in [-0.1, -0.05) is 16.8 Å². The first-order valence-electron chi connectivity index (χ1n) is 9.48. The molecular weight excluding hydrogens is 408 g/mol. The number of hydrogen-bond acceptors (Lipinski definition) is 6. The molecule has 0 spiro atoms. The van der Waals surface area contributed by atoms with Crippen molar-refractivity contribution in [1.29, 1.82) is 0 Å². The van der Waals surface area contributed by atoms with Crippen molar-refractivity contribution in [3.63, 3.8) is 0 Å². The molecule has 8 nitrogen and oxygen atoms in total. The second-order valence-electron chi connectivity index (χ2n) is 6.81. The van der Waals surface area contributed by atoms with Crippen molar-refractivity contribution in [3.8, 4) is 22.9 Å². The van der Waals surface area contributed by atoms with E-state index in [-0.39, 0.29) is 12.1 Å². The number of likely N-dealkylation sites (tertiary alicyclic amines) is 1. The predicted molar refractivity (Wildman–Crippen MR) is 112 cm³/mol. The number of ether oxygens (including phenoxy) is 2. The second-order valence-corrected chi connectivity index (χ2v) is 7.25. The summed E-state index contributed by atoms with van der Waals surface area (Å²) >= 11 is 6.06. The number of halogens is 1. The van der Waals surface area contributed by atoms with E-state index >= 15 is 0 Å². The molecule has 1 unspecified atom stereocenters. The van der Waals surface area contributed by atoms with Crippen molar-refractivity contribution < 1.29 is 18.8 Å². The normalized spacial score (nSPS) is 15.8. The zero-order chi connectivity index (χ0) is 21.1. The first-order chi connectivity index (χ1) is 14.6. The fraction of sp³-hybridized carbons (Fsp3) is 0.286. The minimum atomic E-state index is -0.297. The van der Waals surface area contributed by atoms with Crippen LogP contribution in [0.5, 0.6) is 11.5 Å². The summed E-state index contributed by atoms with van der Waals surface area (Å²) in [5.74, 6) is 2.16. The number of carbonyl (C=O) groups excluding carboxylic acids is 1. The van der Waals surface area contributed by atoms with Crippen LogP contribution in [-0.4, -0.2) is 41.8 Å². The van der Waals surface area contributed by atoms with Crippen molar-refractivity contribution in [1.82, 2.24) is 15.0 Å². The van der Waals surface area contributed by atoms with Gasteiger partial charge in [0.25, 0.3) is 0 Å². The van der Waals surface area contributed by atoms with Crippen LogP contribution >= 0.6 is 11.6 Å². The van der Waals surface area contributed by atoms with Crippen molar-refractivity contribution in [3.05, 3.63) is 53.4 Å². The molecule has 0 saturated carbocycles. The number of nitrogens with one attached hydrogen (secondary N) is 1. The largest absolute Gasteiger partial charge is 0.497 e. The molecule has 1 fully saturated rings. The van der Waals surface area contributed by atoms with Crippen LogP contribution in [0.4, 0.5) is 10.5 Å². The highest BCUT2D eigenvalue weighted by atomic mass is 35.5. The van der Waals surface area contributed by atoms with Gasteiger partial charge in [0.2, 0.25) is 11.7 Å². The van der Waals surface area contributed by atoms with E-state index in [0.717, 1.165) is 24.2 Å². The molecule has 1 aromatic heterocycles. The lowest BCUT2D eigenvalue weighted by Gasteiger charge is -2.23. The van der Waals surface area contributed by atoms with Crippen LogP contribution in [0.1, 0.15) is 24.8 Å². The molecule has 0 bridgehead atoms. The van der Waals surface area contributed by atoms with E-state index in [0.29, 0.717) is 34.7 Å². The van der Waals surface area contributed by atoms with Crippen LogP contribution in [0.2, 0.25) is 5.02 Å². The maximum atomic E-state index is 12.9. The van der Waals surface area contributed by atoms with E-state index in [4.69, 9.17) is 25.6 Å². The molecule has 2 heterocycles. The van der Waals surface area contributed by atoms with Gasteiger partial charge < -0.3 is 24.2 Å². The number of amides is 2. The second kappa shape index (κ2) is 8.62. The topological polar surface area (TPSA) is 89.7 Å². The Morgan fingerprint density at radius 1 is 1.20 bits per heavy atom. The Bertz CT molecular complexity index is 1040. The third-order valence-corrected chi connectivity index (χ3v) is 5.23. The van der Waals surface area contributed by atoms with Gasteiger partial charge >= 0.3 is 6.03 Å². The SMILES string of the molecule is COc1ccc(-c2noc(C3CCCN3C(=O)Nc3cc(Cl)ccc3OC)n2)cc1. The van der Waals surface area contributed by atoms with E-state index in [1.807, 2.05) is 24.3 Å². The first kappa shape index (κ1) is 20.0. The molecule has 4 rings (SSSR count). The predicted octanol–water partition coefficient (Wildman–Crippen LogP) is 4.78. The van der Waals surface area contributed by atoms with Crippen molar-refractivity contribution >= 4 is 23.3 Å². The standard InChI is InChI=1S/C21H21ClN4O4/c1-28-15-8-5-13(6-9-15)19-24-20(30-25-19)17-4-3-11-26(17)21(27)23-16-12-14(22)7-10-18(16)29-2/h5-10,12,17H,3-4,11H2,1-2H3,(H,23,27). The smallest absolute Gasteiger partial charge is 0.322 e. The van der Waals surface area contributed by atoms with Crippen LogP contribution < -0.4 is 14.8 Å². The number of benzene rings is 2. The Kier molecular flexibility index (Phi) is 5.76. The molecule has 1 saturated heterocycles. The Morgan fingerprint density at radius 3 is 2.73 bits per heavy atom. The van der Waals surface area contributed by atoms with Gasteiger partial charge in [0, 0.05) is 17.1 Å². The number of rotatable bonds is 5. The molecule has 1 aliphatic rings. The average molecular weight is 429 g/mol. The Labute approximate surface area is 178 Å². The Morgan fingerprint density at radius 2 is 2.00 bits per heavy atom. The van der Waals surface area contributed by atoms with Crippen LogP contribution in [0.25, 0.3) is 11.4 Å². The zero-order valence-electron chi connectivity index (χ0n) is 16.6. The lowest BCUT2D eigenvalue weighted by atomic mass is 10.2. The summed E-state index contributed by atoms with van der Waals surface area (Å²) in [5.41, 5.74) is 1.31. The number of aromatic nitrogens is 2. The van der Waals surface area contributed by atoms with Gasteiger partial charge in [-0.2, -0.15) is 4.98 Å². The van der Waals surface area contributed by atoms with Crippen molar-refractivity contribution in [2.75, 3.05) is 26.1 Å². The summed E-state index contributed by atoms with van der Waals surface area (Å²) in [6.45, 7) is 0.583. The summed E-state index contributed by atoms with van der Waals surface area (Å²) in [7, 11) is 3.15. The van der Waals surface area contributed by atoms with Crippen LogP contribution in [0.3, 0.4) is 0 Å². The van der Waals surface area contributed by atoms with Gasteiger partial charge in [-0.05, 0) is 55.3 Å². The molecule has 156 valence electrons. The summed E-state index contributed by atoms with van der Waals surface area (Å²) < 4.78 is 16.0. The van der Waals surface area contributed by atoms with E-state index in [2.05, 4.69) is 15.5 Å². The van der Waals surface area contributed by atoms with Gasteiger partial charge in [0.15, 0.2) is 0 Å². The molecular formula is C21H21ClN4O4. The summed E-state index contributed by atoms with van der Waals surface area (Å²) in [6, 6.07) is 11.9. The van der Waals surface area contributed by atoms with Gasteiger partial charge in [0.05, 0.1) is 19.9 Å². The minimum absolute atomic E-state index is 0.276. The van der Waals surface area contributed by atoms with Gasteiger partial charge in [0.1, 0.15) is 17.5 Å². The molecule has 1 atom stereocenters. The van der Waals surface area contributed by atoms with E-state index in [1.165, 1.54) is 7.11 Å². The molecule has 1 N–H and O–H groups in total. The Hall–Kier alpha value is -3.26. The fourth-order valence-corrected chi connectivity index (χ4v) is 3.63. The highest BCUT2D eigenvalue weighted by Gasteiger charge is 2.34. The monoisotopic (exact) mass is 428 g/mol. The number of urea groups is 1. The summed E-state index contributed by atoms with van der Waals surface area (Å²) in [4.78, 5) is 19.1. The summed E-state index contributed by atoms with van der Waals surface area (Å²) in [5, 5.41) is 7.45. The molecule has 1 aliphatic heterocycles. The van der Waals surface area contributed by atoms with Gasteiger partial charge in [-0.25, -0.2) is 4.79 Å². The van der Waals surface area contributed by atoms with E-state index < -0.39 is 0 Å². The molecule has 9 heteroatoms. The third-order valence-electron chi connectivity index (χ3n) is 4.99. The number of anilines is 1. The third kappa shape index (κ3) is 4.04. The average Bonchev–Trinajstić information content (AvgIpc) is 3.43. The maximum absolute atomic E-state index is 12.9. The van der Waals surface area contributed by atoms with Crippen molar-refractivity contribution in [2.24, 2.45) is 0 Å².